The number of aromatic amines is 1. The summed E-state index contributed by atoms with van der Waals surface area (Å²) < 4.78 is 0. The van der Waals surface area contributed by atoms with Crippen molar-refractivity contribution in [2.75, 3.05) is 18.0 Å². The lowest BCUT2D eigenvalue weighted by Gasteiger charge is -2.29. The molecule has 1 aliphatic carbocycles. The van der Waals surface area contributed by atoms with Crippen LogP contribution in [0.15, 0.2) is 24.3 Å². The fraction of sp³-hybridized carbons (Fsp3) is 0.381. The van der Waals surface area contributed by atoms with Crippen LogP contribution in [-0.2, 0) is 17.6 Å². The number of aromatic nitrogens is 1. The van der Waals surface area contributed by atoms with E-state index in [4.69, 9.17) is 0 Å². The zero-order valence-electron chi connectivity index (χ0n) is 15.4. The Morgan fingerprint density at radius 2 is 1.96 bits per heavy atom. The molecule has 1 aromatic heterocycles. The second-order valence-corrected chi connectivity index (χ2v) is 7.22. The Labute approximate surface area is 157 Å². The number of fused-ring (bicyclic) bond motifs is 2. The van der Waals surface area contributed by atoms with E-state index in [-0.39, 0.29) is 24.1 Å². The van der Waals surface area contributed by atoms with Crippen LogP contribution in [0.3, 0.4) is 0 Å². The third-order valence-electron chi connectivity index (χ3n) is 5.48. The van der Waals surface area contributed by atoms with Crippen molar-refractivity contribution in [2.24, 2.45) is 0 Å². The van der Waals surface area contributed by atoms with Gasteiger partial charge in [-0.05, 0) is 49.8 Å². The number of nitrogens with zero attached hydrogens (tertiary/aromatic N) is 1. The van der Waals surface area contributed by atoms with Crippen LogP contribution >= 0.6 is 0 Å². The maximum Gasteiger partial charge on any atom is 0.268 e. The van der Waals surface area contributed by atoms with Gasteiger partial charge in [0.1, 0.15) is 5.69 Å². The Morgan fingerprint density at radius 1 is 1.15 bits per heavy atom. The minimum atomic E-state index is -0.339. The lowest BCUT2D eigenvalue weighted by atomic mass is 9.94. The van der Waals surface area contributed by atoms with Crippen LogP contribution in [0.4, 0.5) is 5.69 Å². The lowest BCUT2D eigenvalue weighted by molar-refractivity contribution is -0.117. The molecule has 140 valence electrons. The van der Waals surface area contributed by atoms with Gasteiger partial charge in [-0.3, -0.25) is 14.4 Å². The third-order valence-corrected chi connectivity index (χ3v) is 5.48. The fourth-order valence-corrected chi connectivity index (χ4v) is 4.13. The van der Waals surface area contributed by atoms with Gasteiger partial charge in [0.25, 0.3) is 5.91 Å². The molecule has 6 nitrogen and oxygen atoms in total. The summed E-state index contributed by atoms with van der Waals surface area (Å²) >= 11 is 0. The summed E-state index contributed by atoms with van der Waals surface area (Å²) in [7, 11) is 0. The smallest absolute Gasteiger partial charge is 0.268 e. The average Bonchev–Trinajstić information content (AvgIpc) is 3.03. The molecule has 27 heavy (non-hydrogen) atoms. The first kappa shape index (κ1) is 17.5. The minimum Gasteiger partial charge on any atom is -0.354 e. The highest BCUT2D eigenvalue weighted by molar-refractivity contribution is 6.05. The lowest BCUT2D eigenvalue weighted by Crippen LogP contribution is -2.42. The topological polar surface area (TPSA) is 82.3 Å². The number of rotatable bonds is 3. The number of carbonyl (C=O) groups is 3. The molecule has 0 spiro atoms. The van der Waals surface area contributed by atoms with E-state index in [2.05, 4.69) is 10.3 Å². The summed E-state index contributed by atoms with van der Waals surface area (Å²) in [5, 5.41) is 2.72. The van der Waals surface area contributed by atoms with Crippen LogP contribution in [0.25, 0.3) is 0 Å². The molecule has 1 aromatic carbocycles. The van der Waals surface area contributed by atoms with Gasteiger partial charge in [0.05, 0.1) is 6.54 Å². The van der Waals surface area contributed by atoms with Crippen molar-refractivity contribution in [3.63, 3.8) is 0 Å². The maximum atomic E-state index is 12.7. The molecule has 2 aromatic rings. The molecule has 0 bridgehead atoms. The normalized spacial score (nSPS) is 15.9. The van der Waals surface area contributed by atoms with Gasteiger partial charge in [-0.2, -0.15) is 0 Å². The van der Waals surface area contributed by atoms with E-state index in [0.29, 0.717) is 29.8 Å². The summed E-state index contributed by atoms with van der Waals surface area (Å²) in [5.41, 5.74) is 4.66. The van der Waals surface area contributed by atoms with Gasteiger partial charge in [0.2, 0.25) is 5.91 Å². The molecule has 2 aliphatic rings. The van der Waals surface area contributed by atoms with Crippen molar-refractivity contribution in [2.45, 2.75) is 39.0 Å². The minimum absolute atomic E-state index is 0.0652. The third kappa shape index (κ3) is 3.16. The largest absolute Gasteiger partial charge is 0.354 e. The molecule has 0 fully saturated rings. The zero-order chi connectivity index (χ0) is 19.0. The Hall–Kier alpha value is -2.89. The molecule has 0 saturated carbocycles. The number of para-hydroxylation sites is 1. The van der Waals surface area contributed by atoms with Gasteiger partial charge in [0.15, 0.2) is 5.78 Å². The predicted octanol–water partition coefficient (Wildman–Crippen LogP) is 2.55. The van der Waals surface area contributed by atoms with Crippen LogP contribution in [0.1, 0.15) is 56.9 Å². The van der Waals surface area contributed by atoms with Gasteiger partial charge in [-0.15, -0.1) is 0 Å². The molecule has 6 heteroatoms. The molecule has 0 radical (unpaired) electrons. The number of H-pyrrole nitrogens is 1. The quantitative estimate of drug-likeness (QED) is 0.877. The van der Waals surface area contributed by atoms with E-state index in [1.807, 2.05) is 24.3 Å². The van der Waals surface area contributed by atoms with Crippen molar-refractivity contribution < 1.29 is 14.4 Å². The Kier molecular flexibility index (Phi) is 4.56. The van der Waals surface area contributed by atoms with Gasteiger partial charge in [0, 0.05) is 29.9 Å². The number of hydrogen-bond donors (Lipinski definition) is 2. The van der Waals surface area contributed by atoms with Crippen LogP contribution in [0.5, 0.6) is 0 Å². The standard InChI is InChI=1S/C21H23N3O3/c1-13-19-15(8-4-10-17(19)25)23-20(13)21(27)22-12-18(26)24-11-5-7-14-6-2-3-9-16(14)24/h2-3,6,9,23H,4-5,7-8,10-12H2,1H3,(H,22,27). The molecule has 0 saturated heterocycles. The van der Waals surface area contributed by atoms with Crippen molar-refractivity contribution >= 4 is 23.3 Å². The molecule has 0 unspecified atom stereocenters. The summed E-state index contributed by atoms with van der Waals surface area (Å²) in [6, 6.07) is 7.89. The molecular weight excluding hydrogens is 342 g/mol. The number of ketones is 1. The van der Waals surface area contributed by atoms with Crippen molar-refractivity contribution in [1.29, 1.82) is 0 Å². The van der Waals surface area contributed by atoms with Crippen molar-refractivity contribution in [1.82, 2.24) is 10.3 Å². The van der Waals surface area contributed by atoms with Gasteiger partial charge in [-0.1, -0.05) is 18.2 Å². The van der Waals surface area contributed by atoms with E-state index < -0.39 is 0 Å². The Bertz CT molecular complexity index is 929. The molecule has 2 N–H and O–H groups in total. The Morgan fingerprint density at radius 3 is 2.78 bits per heavy atom. The van der Waals surface area contributed by atoms with E-state index >= 15 is 0 Å². The number of anilines is 1. The second kappa shape index (κ2) is 7.02. The van der Waals surface area contributed by atoms with Crippen LogP contribution in [0.2, 0.25) is 0 Å². The van der Waals surface area contributed by atoms with Crippen LogP contribution < -0.4 is 10.2 Å². The molecule has 1 aliphatic heterocycles. The first-order valence-corrected chi connectivity index (χ1v) is 9.47. The van der Waals surface area contributed by atoms with Crippen LogP contribution in [0, 0.1) is 6.92 Å². The summed E-state index contributed by atoms with van der Waals surface area (Å²) in [6.07, 6.45) is 3.99. The number of Topliss-reactive ketones (excluding diaryl/α,β-unsaturated/α-hetero) is 1. The average molecular weight is 365 g/mol. The van der Waals surface area contributed by atoms with Gasteiger partial charge >= 0.3 is 0 Å². The summed E-state index contributed by atoms with van der Waals surface area (Å²) in [5.74, 6) is -0.376. The van der Waals surface area contributed by atoms with Gasteiger partial charge in [-0.25, -0.2) is 0 Å². The first-order chi connectivity index (χ1) is 13.1. The highest BCUT2D eigenvalue weighted by Gasteiger charge is 2.27. The molecular formula is C21H23N3O3. The van der Waals surface area contributed by atoms with Crippen LogP contribution in [-0.4, -0.2) is 35.7 Å². The summed E-state index contributed by atoms with van der Waals surface area (Å²) in [4.78, 5) is 42.2. The van der Waals surface area contributed by atoms with E-state index in [1.165, 1.54) is 0 Å². The zero-order valence-corrected chi connectivity index (χ0v) is 15.4. The van der Waals surface area contributed by atoms with Gasteiger partial charge < -0.3 is 15.2 Å². The Balaban J connectivity index is 1.46. The number of benzene rings is 1. The number of hydrogen-bond acceptors (Lipinski definition) is 3. The molecule has 2 heterocycles. The second-order valence-electron chi connectivity index (χ2n) is 7.22. The highest BCUT2D eigenvalue weighted by atomic mass is 16.2. The number of amides is 2. The monoisotopic (exact) mass is 365 g/mol. The molecule has 0 atom stereocenters. The summed E-state index contributed by atoms with van der Waals surface area (Å²) in [6.45, 7) is 2.39. The van der Waals surface area contributed by atoms with Crippen molar-refractivity contribution in [3.8, 4) is 0 Å². The SMILES string of the molecule is Cc1c(C(=O)NCC(=O)N2CCCc3ccccc32)[nH]c2c1C(=O)CCC2. The first-order valence-electron chi connectivity index (χ1n) is 9.47. The van der Waals surface area contributed by atoms with Crippen molar-refractivity contribution in [3.05, 3.63) is 52.3 Å². The van der Waals surface area contributed by atoms with E-state index in [9.17, 15) is 14.4 Å². The number of carbonyl (C=O) groups excluding carboxylic acids is 3. The highest BCUT2D eigenvalue weighted by Crippen LogP contribution is 2.27. The molecule has 2 amide bonds. The predicted molar refractivity (Wildman–Crippen MR) is 102 cm³/mol. The molecule has 4 rings (SSSR count). The number of nitrogens with one attached hydrogen (secondary N) is 2. The van der Waals surface area contributed by atoms with E-state index in [0.717, 1.165) is 42.6 Å². The number of aryl methyl sites for hydroxylation is 2. The maximum absolute atomic E-state index is 12.7. The van der Waals surface area contributed by atoms with E-state index in [1.54, 1.807) is 11.8 Å². The fourth-order valence-electron chi connectivity index (χ4n) is 4.13.